The van der Waals surface area contributed by atoms with Crippen LogP contribution in [0.3, 0.4) is 0 Å². The molecule has 2 aromatic rings. The summed E-state index contributed by atoms with van der Waals surface area (Å²) >= 11 is 0. The fraction of sp³-hybridized carbons (Fsp3) is 0.484. The van der Waals surface area contributed by atoms with Gasteiger partial charge in [-0.15, -0.1) is 0 Å². The van der Waals surface area contributed by atoms with Crippen LogP contribution in [0, 0.1) is 29.3 Å². The maximum Gasteiger partial charge on any atom is 0.162 e. The minimum absolute atomic E-state index is 0.0378. The summed E-state index contributed by atoms with van der Waals surface area (Å²) in [5.74, 6) is -0.00766. The Labute approximate surface area is 208 Å². The molecule has 0 aromatic heterocycles. The van der Waals surface area contributed by atoms with E-state index in [9.17, 15) is 4.39 Å². The summed E-state index contributed by atoms with van der Waals surface area (Å²) in [7, 11) is 0. The highest BCUT2D eigenvalue weighted by atomic mass is 19.2. The minimum atomic E-state index is -0.645. The molecule has 0 saturated heterocycles. The van der Waals surface area contributed by atoms with Crippen LogP contribution in [-0.4, -0.2) is 6.61 Å². The molecule has 0 bridgehead atoms. The van der Waals surface area contributed by atoms with Crippen molar-refractivity contribution in [3.63, 3.8) is 0 Å². The van der Waals surface area contributed by atoms with Gasteiger partial charge in [0.2, 0.25) is 0 Å². The van der Waals surface area contributed by atoms with Crippen molar-refractivity contribution in [2.45, 2.75) is 77.0 Å². The Balaban J connectivity index is 1.35. The Morgan fingerprint density at radius 1 is 0.771 bits per heavy atom. The molecule has 2 aromatic carbocycles. The normalized spacial score (nSPS) is 25.4. The fourth-order valence-corrected chi connectivity index (χ4v) is 5.87. The summed E-state index contributed by atoms with van der Waals surface area (Å²) in [5.41, 5.74) is 1.62. The van der Waals surface area contributed by atoms with E-state index in [4.69, 9.17) is 4.74 Å². The van der Waals surface area contributed by atoms with Gasteiger partial charge in [-0.3, -0.25) is 0 Å². The molecule has 4 rings (SSSR count). The van der Waals surface area contributed by atoms with E-state index in [0.29, 0.717) is 40.9 Å². The maximum absolute atomic E-state index is 15.1. The van der Waals surface area contributed by atoms with Crippen molar-refractivity contribution in [1.29, 1.82) is 0 Å². The summed E-state index contributed by atoms with van der Waals surface area (Å²) in [5, 5.41) is 0. The van der Waals surface area contributed by atoms with Crippen LogP contribution < -0.4 is 4.74 Å². The van der Waals surface area contributed by atoms with Gasteiger partial charge < -0.3 is 4.74 Å². The first-order chi connectivity index (χ1) is 17.0. The molecule has 2 fully saturated rings. The zero-order valence-corrected chi connectivity index (χ0v) is 20.9. The first kappa shape index (κ1) is 25.6. The van der Waals surface area contributed by atoms with Crippen molar-refractivity contribution in [3.8, 4) is 5.75 Å². The predicted molar refractivity (Wildman–Crippen MR) is 137 cm³/mol. The molecule has 0 aliphatic heterocycles. The van der Waals surface area contributed by atoms with Gasteiger partial charge in [0.25, 0.3) is 0 Å². The molecule has 1 nitrogen and oxygen atoms in total. The Morgan fingerprint density at radius 2 is 1.31 bits per heavy atom. The minimum Gasteiger partial charge on any atom is -0.494 e. The van der Waals surface area contributed by atoms with Crippen molar-refractivity contribution in [3.05, 3.63) is 82.7 Å². The lowest BCUT2D eigenvalue weighted by Gasteiger charge is -2.30. The van der Waals surface area contributed by atoms with E-state index in [1.165, 1.54) is 6.07 Å². The van der Waals surface area contributed by atoms with Gasteiger partial charge >= 0.3 is 0 Å². The number of ether oxygens (including phenoxy) is 1. The van der Waals surface area contributed by atoms with Gasteiger partial charge in [0.15, 0.2) is 11.6 Å². The van der Waals surface area contributed by atoms with Crippen LogP contribution in [0.15, 0.2) is 48.6 Å². The third kappa shape index (κ3) is 6.20. The summed E-state index contributed by atoms with van der Waals surface area (Å²) < 4.78 is 49.9. The standard InChI is InChI=1S/C31H37F3O/c1-3-5-21-6-11-23(12-7-21)27-18-19-28(31(34)30(27)33)24-13-8-22(9-14-24)10-15-25-16-17-26(35-4-2)20-29(25)32/h3,5,10,15-24H,4,6-9,11-14H2,1-2H3. The van der Waals surface area contributed by atoms with Crippen LogP contribution in [-0.2, 0) is 0 Å². The Hall–Kier alpha value is -2.49. The summed E-state index contributed by atoms with van der Waals surface area (Å²) in [6.07, 6.45) is 15.5. The van der Waals surface area contributed by atoms with E-state index in [1.54, 1.807) is 12.1 Å². The molecule has 35 heavy (non-hydrogen) atoms. The largest absolute Gasteiger partial charge is 0.494 e. The molecular weight excluding hydrogens is 445 g/mol. The zero-order valence-electron chi connectivity index (χ0n) is 20.9. The van der Waals surface area contributed by atoms with E-state index in [-0.39, 0.29) is 17.7 Å². The van der Waals surface area contributed by atoms with Crippen LogP contribution in [0.25, 0.3) is 6.08 Å². The Kier molecular flexibility index (Phi) is 8.75. The number of allylic oxidation sites excluding steroid dienone is 3. The highest BCUT2D eigenvalue weighted by molar-refractivity contribution is 5.52. The van der Waals surface area contributed by atoms with E-state index in [1.807, 2.05) is 32.1 Å². The lowest BCUT2D eigenvalue weighted by atomic mass is 9.76. The second-order valence-corrected chi connectivity index (χ2v) is 10.1. The second-order valence-electron chi connectivity index (χ2n) is 10.1. The molecule has 2 aliphatic rings. The third-order valence-electron chi connectivity index (χ3n) is 7.86. The Bertz CT molecular complexity index is 1040. The number of benzene rings is 2. The lowest BCUT2D eigenvalue weighted by Crippen LogP contribution is -2.16. The van der Waals surface area contributed by atoms with Gasteiger partial charge in [-0.25, -0.2) is 13.2 Å². The smallest absolute Gasteiger partial charge is 0.162 e. The Morgan fingerprint density at radius 3 is 1.80 bits per heavy atom. The molecule has 0 spiro atoms. The van der Waals surface area contributed by atoms with Crippen LogP contribution in [0.1, 0.15) is 93.7 Å². The zero-order chi connectivity index (χ0) is 24.8. The number of halogens is 3. The molecule has 2 aliphatic carbocycles. The molecule has 4 heteroatoms. The average Bonchev–Trinajstić information content (AvgIpc) is 2.87. The molecule has 0 radical (unpaired) electrons. The van der Waals surface area contributed by atoms with E-state index in [2.05, 4.69) is 18.2 Å². The molecule has 0 heterocycles. The molecule has 0 amide bonds. The second kappa shape index (κ2) is 12.0. The molecule has 188 valence electrons. The van der Waals surface area contributed by atoms with Crippen LogP contribution in [0.5, 0.6) is 5.75 Å². The van der Waals surface area contributed by atoms with Crippen molar-refractivity contribution < 1.29 is 17.9 Å². The van der Waals surface area contributed by atoms with Crippen molar-refractivity contribution >= 4 is 6.08 Å². The first-order valence-electron chi connectivity index (χ1n) is 13.2. The van der Waals surface area contributed by atoms with Crippen LogP contribution in [0.2, 0.25) is 0 Å². The van der Waals surface area contributed by atoms with Crippen molar-refractivity contribution in [2.75, 3.05) is 6.61 Å². The number of hydrogen-bond donors (Lipinski definition) is 0. The SMILES string of the molecule is CC=CC1CCC(c2ccc(C3CCC(C=Cc4ccc(OCC)cc4F)CC3)c(F)c2F)CC1. The number of hydrogen-bond acceptors (Lipinski definition) is 1. The summed E-state index contributed by atoms with van der Waals surface area (Å²) in [6.45, 7) is 4.40. The van der Waals surface area contributed by atoms with Gasteiger partial charge in [-0.05, 0) is 112 Å². The van der Waals surface area contributed by atoms with Gasteiger partial charge in [0.1, 0.15) is 11.6 Å². The van der Waals surface area contributed by atoms with Crippen molar-refractivity contribution in [1.82, 2.24) is 0 Å². The van der Waals surface area contributed by atoms with Crippen LogP contribution in [0.4, 0.5) is 13.2 Å². The van der Waals surface area contributed by atoms with Crippen molar-refractivity contribution in [2.24, 2.45) is 11.8 Å². The monoisotopic (exact) mass is 482 g/mol. The molecule has 0 unspecified atom stereocenters. The summed E-state index contributed by atoms with van der Waals surface area (Å²) in [6, 6.07) is 8.60. The topological polar surface area (TPSA) is 9.23 Å². The highest BCUT2D eigenvalue weighted by Crippen LogP contribution is 2.42. The van der Waals surface area contributed by atoms with E-state index >= 15 is 8.78 Å². The molecule has 0 atom stereocenters. The van der Waals surface area contributed by atoms with Gasteiger partial charge in [-0.1, -0.05) is 36.4 Å². The van der Waals surface area contributed by atoms with Gasteiger partial charge in [0.05, 0.1) is 6.61 Å². The number of rotatable bonds is 7. The molecular formula is C31H37F3O. The fourth-order valence-electron chi connectivity index (χ4n) is 5.87. The van der Waals surface area contributed by atoms with Gasteiger partial charge in [-0.2, -0.15) is 0 Å². The predicted octanol–water partition coefficient (Wildman–Crippen LogP) is 9.34. The van der Waals surface area contributed by atoms with Crippen LogP contribution >= 0.6 is 0 Å². The maximum atomic E-state index is 15.1. The molecule has 2 saturated carbocycles. The van der Waals surface area contributed by atoms with Gasteiger partial charge in [0, 0.05) is 11.6 Å². The quantitative estimate of drug-likeness (QED) is 0.357. The third-order valence-corrected chi connectivity index (χ3v) is 7.86. The highest BCUT2D eigenvalue weighted by Gasteiger charge is 2.29. The molecule has 0 N–H and O–H groups in total. The lowest BCUT2D eigenvalue weighted by molar-refractivity contribution is 0.338. The van der Waals surface area contributed by atoms with E-state index < -0.39 is 11.6 Å². The summed E-state index contributed by atoms with van der Waals surface area (Å²) in [4.78, 5) is 0. The van der Waals surface area contributed by atoms with E-state index in [0.717, 1.165) is 51.4 Å². The average molecular weight is 483 g/mol. The first-order valence-corrected chi connectivity index (χ1v) is 13.2.